The van der Waals surface area contributed by atoms with Gasteiger partial charge in [-0.05, 0) is 64.2 Å². The second-order valence-electron chi connectivity index (χ2n) is 25.7. The van der Waals surface area contributed by atoms with Crippen LogP contribution < -0.4 is 5.32 Å². The number of aliphatic hydroxyl groups is 8. The van der Waals surface area contributed by atoms with E-state index < -0.39 is 86.8 Å². The van der Waals surface area contributed by atoms with Crippen LogP contribution in [0.5, 0.6) is 0 Å². The summed E-state index contributed by atoms with van der Waals surface area (Å²) in [4.78, 5) is 13.4. The SMILES string of the molecule is CC/C=C\C/C=C\C/C=C\C/C=C\C/C=C\CCCCCCCCCCCCCCCCCC(=O)NC(COC1OC(CO)C(OC2OC(CO)C(O)C(O)C2O)C(O)C1O)C(O)/C=C/CCCCCCCCCCCCCCCCCCCCCCCC. The first-order valence-electron chi connectivity index (χ1n) is 36.7. The van der Waals surface area contributed by atoms with Crippen molar-refractivity contribution in [1.82, 2.24) is 5.32 Å². The number of nitrogens with one attached hydrogen (secondary N) is 1. The van der Waals surface area contributed by atoms with Crippen LogP contribution in [-0.2, 0) is 23.7 Å². The lowest BCUT2D eigenvalue weighted by Crippen LogP contribution is -2.65. The zero-order chi connectivity index (χ0) is 64.5. The van der Waals surface area contributed by atoms with Crippen LogP contribution in [0.2, 0.25) is 0 Å². The van der Waals surface area contributed by atoms with Gasteiger partial charge in [0.15, 0.2) is 12.6 Å². The summed E-state index contributed by atoms with van der Waals surface area (Å²) < 4.78 is 22.9. The number of allylic oxidation sites excluding steroid dienone is 11. The molecule has 89 heavy (non-hydrogen) atoms. The molecule has 14 heteroatoms. The summed E-state index contributed by atoms with van der Waals surface area (Å²) in [5.74, 6) is -0.238. The van der Waals surface area contributed by atoms with Crippen LogP contribution in [0.1, 0.15) is 303 Å². The van der Waals surface area contributed by atoms with Gasteiger partial charge in [-0.1, -0.05) is 305 Å². The van der Waals surface area contributed by atoms with E-state index in [-0.39, 0.29) is 18.9 Å². The molecule has 2 aliphatic heterocycles. The van der Waals surface area contributed by atoms with Crippen LogP contribution in [0, 0.1) is 0 Å². The second-order valence-corrected chi connectivity index (χ2v) is 25.7. The molecule has 2 heterocycles. The van der Waals surface area contributed by atoms with Crippen molar-refractivity contribution in [3.05, 3.63) is 72.9 Å². The molecule has 2 fully saturated rings. The van der Waals surface area contributed by atoms with Crippen molar-refractivity contribution in [2.24, 2.45) is 0 Å². The highest BCUT2D eigenvalue weighted by Crippen LogP contribution is 2.30. The van der Waals surface area contributed by atoms with Crippen LogP contribution in [0.15, 0.2) is 72.9 Å². The number of aliphatic hydroxyl groups excluding tert-OH is 8. The Hall–Kier alpha value is -2.57. The van der Waals surface area contributed by atoms with Crippen molar-refractivity contribution in [3.8, 4) is 0 Å². The summed E-state index contributed by atoms with van der Waals surface area (Å²) in [5.41, 5.74) is 0. The van der Waals surface area contributed by atoms with E-state index in [0.717, 1.165) is 70.6 Å². The first-order valence-corrected chi connectivity index (χ1v) is 36.7. The van der Waals surface area contributed by atoms with Gasteiger partial charge in [-0.3, -0.25) is 4.79 Å². The molecule has 2 saturated heterocycles. The van der Waals surface area contributed by atoms with Gasteiger partial charge in [-0.25, -0.2) is 0 Å². The Morgan fingerprint density at radius 1 is 0.416 bits per heavy atom. The smallest absolute Gasteiger partial charge is 0.220 e. The van der Waals surface area contributed by atoms with E-state index >= 15 is 0 Å². The number of carbonyl (C=O) groups is 1. The lowest BCUT2D eigenvalue weighted by molar-refractivity contribution is -0.359. The largest absolute Gasteiger partial charge is 0.394 e. The van der Waals surface area contributed by atoms with Gasteiger partial charge in [-0.15, -0.1) is 0 Å². The van der Waals surface area contributed by atoms with Gasteiger partial charge in [0.2, 0.25) is 5.91 Å². The highest BCUT2D eigenvalue weighted by Gasteiger charge is 2.51. The predicted octanol–water partition coefficient (Wildman–Crippen LogP) is 15.4. The molecule has 9 N–H and O–H groups in total. The molecule has 2 rings (SSSR count). The van der Waals surface area contributed by atoms with Crippen molar-refractivity contribution < 1.29 is 64.6 Å². The molecule has 0 aromatic carbocycles. The van der Waals surface area contributed by atoms with Gasteiger partial charge in [0.1, 0.15) is 48.8 Å². The first kappa shape index (κ1) is 82.5. The van der Waals surface area contributed by atoms with Crippen LogP contribution in [0.25, 0.3) is 0 Å². The molecule has 12 unspecified atom stereocenters. The molecule has 2 aliphatic rings. The topological polar surface area (TPSA) is 228 Å². The molecule has 0 saturated carbocycles. The molecular weight excluding hydrogens is 1120 g/mol. The predicted molar refractivity (Wildman–Crippen MR) is 364 cm³/mol. The maximum Gasteiger partial charge on any atom is 0.220 e. The zero-order valence-corrected chi connectivity index (χ0v) is 56.4. The monoisotopic (exact) mass is 1260 g/mol. The van der Waals surface area contributed by atoms with Crippen LogP contribution in [-0.4, -0.2) is 140 Å². The Bertz CT molecular complexity index is 1770. The van der Waals surface area contributed by atoms with E-state index in [1.165, 1.54) is 205 Å². The fraction of sp³-hybridized carbons (Fsp3) is 0.827. The molecule has 518 valence electrons. The normalized spacial score (nSPS) is 23.4. The van der Waals surface area contributed by atoms with E-state index in [0.29, 0.717) is 6.42 Å². The molecule has 14 nitrogen and oxygen atoms in total. The Balaban J connectivity index is 1.66. The van der Waals surface area contributed by atoms with Gasteiger partial charge in [-0.2, -0.15) is 0 Å². The fourth-order valence-electron chi connectivity index (χ4n) is 11.9. The minimum absolute atomic E-state index is 0.238. The Labute approximate surface area is 542 Å². The third-order valence-corrected chi connectivity index (χ3v) is 17.6. The van der Waals surface area contributed by atoms with Crippen molar-refractivity contribution in [3.63, 3.8) is 0 Å². The fourth-order valence-corrected chi connectivity index (χ4v) is 11.9. The number of ether oxygens (including phenoxy) is 4. The summed E-state index contributed by atoms with van der Waals surface area (Å²) in [5, 5.41) is 87.5. The summed E-state index contributed by atoms with van der Waals surface area (Å²) >= 11 is 0. The summed E-state index contributed by atoms with van der Waals surface area (Å²) in [6.45, 7) is 2.72. The maximum atomic E-state index is 13.4. The average Bonchev–Trinajstić information content (AvgIpc) is 2.53. The minimum Gasteiger partial charge on any atom is -0.394 e. The van der Waals surface area contributed by atoms with Crippen molar-refractivity contribution >= 4 is 5.91 Å². The maximum absolute atomic E-state index is 13.4. The molecular formula is C75H135NO13. The average molecular weight is 1260 g/mol. The van der Waals surface area contributed by atoms with E-state index in [2.05, 4.69) is 79.9 Å². The summed E-state index contributed by atoms with van der Waals surface area (Å²) in [6, 6.07) is -0.919. The van der Waals surface area contributed by atoms with Gasteiger partial charge in [0.05, 0.1) is 32.0 Å². The van der Waals surface area contributed by atoms with Crippen LogP contribution in [0.4, 0.5) is 0 Å². The first-order chi connectivity index (χ1) is 43.6. The van der Waals surface area contributed by atoms with E-state index in [1.54, 1.807) is 6.08 Å². The molecule has 0 aliphatic carbocycles. The third-order valence-electron chi connectivity index (χ3n) is 17.6. The quantitative estimate of drug-likeness (QED) is 0.0204. The van der Waals surface area contributed by atoms with E-state index in [1.807, 2.05) is 6.08 Å². The Kier molecular flexibility index (Phi) is 54.9. The van der Waals surface area contributed by atoms with E-state index in [4.69, 9.17) is 18.9 Å². The van der Waals surface area contributed by atoms with Crippen molar-refractivity contribution in [2.45, 2.75) is 376 Å². The highest BCUT2D eigenvalue weighted by atomic mass is 16.7. The lowest BCUT2D eigenvalue weighted by Gasteiger charge is -2.46. The molecule has 1 amide bonds. The van der Waals surface area contributed by atoms with Gasteiger partial charge < -0.3 is 65.1 Å². The molecule has 12 atom stereocenters. The van der Waals surface area contributed by atoms with Gasteiger partial charge in [0, 0.05) is 6.42 Å². The number of carbonyl (C=O) groups excluding carboxylic acids is 1. The molecule has 0 bridgehead atoms. The number of hydrogen-bond acceptors (Lipinski definition) is 13. The van der Waals surface area contributed by atoms with Gasteiger partial charge >= 0.3 is 0 Å². The highest BCUT2D eigenvalue weighted by molar-refractivity contribution is 5.76. The van der Waals surface area contributed by atoms with E-state index in [9.17, 15) is 45.6 Å². The number of amides is 1. The zero-order valence-electron chi connectivity index (χ0n) is 56.4. The number of rotatable bonds is 60. The second kappa shape index (κ2) is 59.2. The molecule has 0 aromatic rings. The number of unbranched alkanes of at least 4 members (excludes halogenated alkanes) is 37. The molecule has 0 spiro atoms. The summed E-state index contributed by atoms with van der Waals surface area (Å²) in [7, 11) is 0. The van der Waals surface area contributed by atoms with Crippen LogP contribution >= 0.6 is 0 Å². The van der Waals surface area contributed by atoms with Crippen molar-refractivity contribution in [2.75, 3.05) is 19.8 Å². The Morgan fingerprint density at radius 2 is 0.775 bits per heavy atom. The minimum atomic E-state index is -1.79. The van der Waals surface area contributed by atoms with Crippen LogP contribution in [0.3, 0.4) is 0 Å². The number of hydrogen-bond donors (Lipinski definition) is 9. The molecule has 0 radical (unpaired) electrons. The van der Waals surface area contributed by atoms with Gasteiger partial charge in [0.25, 0.3) is 0 Å². The standard InChI is InChI=1S/C75H135NO13/c1-3-5-7-9-11-13-15-17-19-21-23-25-27-29-30-31-32-33-34-35-37-39-41-43-45-47-49-51-53-55-57-59-67(80)76-63(62-86-74-72(85)70(83)73(66(61-78)88-74)89-75-71(84)69(82)68(81)65(60-77)87-75)64(79)58-56-54-52-50-48-46-44-42-40-38-36-28-26-24-22-20-18-16-14-12-10-8-6-4-2/h5,7,11,13,17,19,23,25,29-30,56,58,63-66,68-75,77-79,81-85H,3-4,6,8-10,12,14-16,18,20-22,24,26-28,31-55,57,59-62H2,1-2H3,(H,76,80)/b7-5-,13-11-,19-17-,25-23-,30-29-,58-56+. The lowest BCUT2D eigenvalue weighted by atomic mass is 9.97. The third kappa shape index (κ3) is 43.1. The summed E-state index contributed by atoms with van der Waals surface area (Å²) in [6.07, 6.45) is 63.8. The molecule has 0 aromatic heterocycles. The van der Waals surface area contributed by atoms with Crippen molar-refractivity contribution in [1.29, 1.82) is 0 Å². The Morgan fingerprint density at radius 3 is 1.19 bits per heavy atom.